The molecule has 1 atom stereocenters. The highest BCUT2D eigenvalue weighted by Crippen LogP contribution is 2.28. The van der Waals surface area contributed by atoms with Gasteiger partial charge in [-0.3, -0.25) is 4.79 Å². The molecule has 1 aliphatic rings. The molecule has 5 heteroatoms. The number of hydrogen-bond donors (Lipinski definition) is 2. The smallest absolute Gasteiger partial charge is 0.334 e. The first kappa shape index (κ1) is 9.15. The normalized spacial score (nSPS) is 30.5. The Morgan fingerprint density at radius 2 is 2.08 bits per heavy atom. The Kier molecular flexibility index (Phi) is 2.16. The zero-order valence-corrected chi connectivity index (χ0v) is 6.78. The number of nitrogens with zero attached hydrogens (tertiary/aromatic N) is 1. The zero-order chi connectivity index (χ0) is 9.35. The summed E-state index contributed by atoms with van der Waals surface area (Å²) < 4.78 is 0. The van der Waals surface area contributed by atoms with Gasteiger partial charge >= 0.3 is 5.97 Å². The lowest BCUT2D eigenvalue weighted by molar-refractivity contribution is -0.186. The summed E-state index contributed by atoms with van der Waals surface area (Å²) in [5.74, 6) is -1.79. The van der Waals surface area contributed by atoms with Crippen LogP contribution in [0.15, 0.2) is 0 Å². The molecule has 1 rings (SSSR count). The summed E-state index contributed by atoms with van der Waals surface area (Å²) in [5, 5.41) is 18.6. The van der Waals surface area contributed by atoms with E-state index in [4.69, 9.17) is 5.11 Å². The average Bonchev–Trinajstić information content (AvgIpc) is 2.31. The molecule has 0 amide bonds. The van der Waals surface area contributed by atoms with E-state index in [2.05, 4.69) is 0 Å². The van der Waals surface area contributed by atoms with Crippen molar-refractivity contribution in [3.8, 4) is 0 Å². The lowest BCUT2D eigenvalue weighted by Crippen LogP contribution is -2.54. The fourth-order valence-corrected chi connectivity index (χ4v) is 1.53. The van der Waals surface area contributed by atoms with Gasteiger partial charge in [0, 0.05) is 6.54 Å². The van der Waals surface area contributed by atoms with Gasteiger partial charge in [0.15, 0.2) is 11.3 Å². The predicted octanol–water partition coefficient (Wildman–Crippen LogP) is -0.116. The Morgan fingerprint density at radius 1 is 1.50 bits per heavy atom. The highest BCUT2D eigenvalue weighted by Gasteiger charge is 2.51. The van der Waals surface area contributed by atoms with Crippen LogP contribution in [0.2, 0.25) is 0 Å². The van der Waals surface area contributed by atoms with Crippen molar-refractivity contribution in [2.75, 3.05) is 6.54 Å². The number of hydroxylamine groups is 2. The summed E-state index contributed by atoms with van der Waals surface area (Å²) in [4.78, 5) is 21.8. The molecular formula is C7H11NO4. The summed E-state index contributed by atoms with van der Waals surface area (Å²) in [7, 11) is 0. The van der Waals surface area contributed by atoms with Gasteiger partial charge in [-0.1, -0.05) is 0 Å². The van der Waals surface area contributed by atoms with Crippen molar-refractivity contribution in [1.29, 1.82) is 0 Å². The van der Waals surface area contributed by atoms with Crippen LogP contribution in [0.25, 0.3) is 0 Å². The molecule has 1 heterocycles. The third-order valence-electron chi connectivity index (χ3n) is 2.29. The first-order chi connectivity index (χ1) is 5.51. The van der Waals surface area contributed by atoms with Crippen molar-refractivity contribution in [2.45, 2.75) is 25.3 Å². The van der Waals surface area contributed by atoms with E-state index in [1.54, 1.807) is 0 Å². The molecule has 12 heavy (non-hydrogen) atoms. The van der Waals surface area contributed by atoms with Crippen molar-refractivity contribution in [3.05, 3.63) is 0 Å². The topological polar surface area (TPSA) is 77.8 Å². The lowest BCUT2D eigenvalue weighted by atomic mass is 9.93. The lowest BCUT2D eigenvalue weighted by Gasteiger charge is -2.26. The molecule has 0 radical (unpaired) electrons. The number of aliphatic carboxylic acids is 1. The molecule has 0 aromatic heterocycles. The van der Waals surface area contributed by atoms with Crippen LogP contribution in [0.1, 0.15) is 19.8 Å². The van der Waals surface area contributed by atoms with Crippen LogP contribution in [0.3, 0.4) is 0 Å². The minimum absolute atomic E-state index is 0.189. The highest BCUT2D eigenvalue weighted by atomic mass is 16.5. The molecule has 2 N–H and O–H groups in total. The molecule has 0 aliphatic carbocycles. The summed E-state index contributed by atoms with van der Waals surface area (Å²) in [6.07, 6.45) is 0.719. The minimum atomic E-state index is -1.68. The third-order valence-corrected chi connectivity index (χ3v) is 2.29. The Bertz CT molecular complexity index is 211. The largest absolute Gasteiger partial charge is 0.479 e. The van der Waals surface area contributed by atoms with Gasteiger partial charge in [0.1, 0.15) is 0 Å². The number of ketones is 1. The quantitative estimate of drug-likeness (QED) is 0.569. The molecule has 68 valence electrons. The Morgan fingerprint density at radius 3 is 2.25 bits per heavy atom. The van der Waals surface area contributed by atoms with Crippen molar-refractivity contribution in [2.24, 2.45) is 0 Å². The number of Topliss-reactive ketones (excluding diaryl/α,β-unsaturated/α-hetero) is 1. The second kappa shape index (κ2) is 2.84. The van der Waals surface area contributed by atoms with Gasteiger partial charge in [0.25, 0.3) is 0 Å². The van der Waals surface area contributed by atoms with E-state index in [0.717, 1.165) is 0 Å². The number of rotatable bonds is 2. The summed E-state index contributed by atoms with van der Waals surface area (Å²) in [6, 6.07) is 0. The number of carbonyl (C=O) groups excluding carboxylic acids is 1. The molecule has 1 fully saturated rings. The third kappa shape index (κ3) is 1.02. The molecular weight excluding hydrogens is 162 g/mol. The van der Waals surface area contributed by atoms with Crippen molar-refractivity contribution in [1.82, 2.24) is 5.06 Å². The van der Waals surface area contributed by atoms with Crippen LogP contribution < -0.4 is 0 Å². The molecule has 0 aromatic carbocycles. The number of carboxylic acid groups (broad SMARTS) is 1. The van der Waals surface area contributed by atoms with E-state index >= 15 is 0 Å². The number of carbonyl (C=O) groups is 2. The van der Waals surface area contributed by atoms with Gasteiger partial charge < -0.3 is 10.3 Å². The van der Waals surface area contributed by atoms with E-state index in [9.17, 15) is 14.8 Å². The summed E-state index contributed by atoms with van der Waals surface area (Å²) in [6.45, 7) is 1.43. The van der Waals surface area contributed by atoms with Crippen LogP contribution in [-0.2, 0) is 9.59 Å². The van der Waals surface area contributed by atoms with Crippen molar-refractivity contribution < 1.29 is 19.9 Å². The molecule has 0 unspecified atom stereocenters. The molecule has 0 spiro atoms. The fourth-order valence-electron chi connectivity index (χ4n) is 1.53. The maximum Gasteiger partial charge on any atom is 0.334 e. The van der Waals surface area contributed by atoms with Crippen LogP contribution in [-0.4, -0.2) is 39.2 Å². The van der Waals surface area contributed by atoms with Crippen LogP contribution in [0, 0.1) is 0 Å². The van der Waals surface area contributed by atoms with Crippen LogP contribution in [0.4, 0.5) is 0 Å². The molecule has 0 saturated carbocycles. The first-order valence-corrected chi connectivity index (χ1v) is 3.73. The first-order valence-electron chi connectivity index (χ1n) is 3.73. The second-order valence-electron chi connectivity index (χ2n) is 2.95. The average molecular weight is 173 g/mol. The van der Waals surface area contributed by atoms with Gasteiger partial charge in [-0.25, -0.2) is 4.79 Å². The summed E-state index contributed by atoms with van der Waals surface area (Å²) >= 11 is 0. The SMILES string of the molecule is CC(=O)[C@@]1(C(=O)O)CCCN1O. The van der Waals surface area contributed by atoms with Crippen LogP contribution >= 0.6 is 0 Å². The molecule has 1 saturated heterocycles. The van der Waals surface area contributed by atoms with Crippen molar-refractivity contribution in [3.63, 3.8) is 0 Å². The van der Waals surface area contributed by atoms with Gasteiger partial charge in [-0.05, 0) is 19.8 Å². The van der Waals surface area contributed by atoms with Gasteiger partial charge in [-0.15, -0.1) is 0 Å². The van der Waals surface area contributed by atoms with E-state index < -0.39 is 17.3 Å². The zero-order valence-electron chi connectivity index (χ0n) is 6.78. The maximum absolute atomic E-state index is 11.0. The van der Waals surface area contributed by atoms with Gasteiger partial charge in [0.2, 0.25) is 0 Å². The Hall–Kier alpha value is -0.940. The van der Waals surface area contributed by atoms with Crippen molar-refractivity contribution >= 4 is 11.8 Å². The van der Waals surface area contributed by atoms with E-state index in [1.807, 2.05) is 0 Å². The molecule has 5 nitrogen and oxygen atoms in total. The second-order valence-corrected chi connectivity index (χ2v) is 2.95. The molecule has 1 aliphatic heterocycles. The van der Waals surface area contributed by atoms with Crippen LogP contribution in [0.5, 0.6) is 0 Å². The highest BCUT2D eigenvalue weighted by molar-refractivity contribution is 6.06. The number of carboxylic acids is 1. The standard InChI is InChI=1S/C7H11NO4/c1-5(9)7(6(10)11)3-2-4-8(7)12/h12H,2-4H2,1H3,(H,10,11)/t7-/m1/s1. The Labute approximate surface area is 69.5 Å². The molecule has 0 aromatic rings. The van der Waals surface area contributed by atoms with E-state index in [-0.39, 0.29) is 13.0 Å². The van der Waals surface area contributed by atoms with Gasteiger partial charge in [0.05, 0.1) is 0 Å². The van der Waals surface area contributed by atoms with E-state index in [0.29, 0.717) is 11.5 Å². The fraction of sp³-hybridized carbons (Fsp3) is 0.714. The Balaban J connectivity index is 3.01. The predicted molar refractivity (Wildman–Crippen MR) is 38.8 cm³/mol. The monoisotopic (exact) mass is 173 g/mol. The molecule has 0 bridgehead atoms. The van der Waals surface area contributed by atoms with Gasteiger partial charge in [-0.2, -0.15) is 5.06 Å². The maximum atomic E-state index is 11.0. The number of hydrogen-bond acceptors (Lipinski definition) is 4. The minimum Gasteiger partial charge on any atom is -0.479 e. The summed E-state index contributed by atoms with van der Waals surface area (Å²) in [5.41, 5.74) is -1.68. The van der Waals surface area contributed by atoms with E-state index in [1.165, 1.54) is 6.92 Å².